The second-order valence-electron chi connectivity index (χ2n) is 6.91. The Labute approximate surface area is 188 Å². The van der Waals surface area contributed by atoms with Crippen molar-refractivity contribution in [1.29, 1.82) is 0 Å². The highest BCUT2D eigenvalue weighted by atomic mass is 79.9. The van der Waals surface area contributed by atoms with Gasteiger partial charge in [-0.05, 0) is 36.4 Å². The molecule has 1 amide bonds. The summed E-state index contributed by atoms with van der Waals surface area (Å²) in [4.78, 5) is 18.0. The molecule has 0 bridgehead atoms. The highest BCUT2D eigenvalue weighted by Gasteiger charge is 2.33. The summed E-state index contributed by atoms with van der Waals surface area (Å²) >= 11 is 3.17. The molecule has 0 saturated carbocycles. The number of halogens is 4. The number of hydrogen-bond donors (Lipinski definition) is 0. The van der Waals surface area contributed by atoms with Crippen LogP contribution in [0.15, 0.2) is 53.3 Å². The first-order valence-electron chi connectivity index (χ1n) is 9.08. The second kappa shape index (κ2) is 8.20. The maximum Gasteiger partial charge on any atom is 0.573 e. The van der Waals surface area contributed by atoms with Gasteiger partial charge in [0.05, 0.1) is 23.3 Å². The van der Waals surface area contributed by atoms with E-state index in [-0.39, 0.29) is 29.2 Å². The van der Waals surface area contributed by atoms with Gasteiger partial charge in [0.25, 0.3) is 5.91 Å². The Morgan fingerprint density at radius 2 is 1.97 bits per heavy atom. The van der Waals surface area contributed by atoms with Gasteiger partial charge in [0.1, 0.15) is 11.6 Å². The van der Waals surface area contributed by atoms with Gasteiger partial charge in [0, 0.05) is 22.8 Å². The number of carbonyl (C=O) groups is 1. The van der Waals surface area contributed by atoms with E-state index < -0.39 is 33.7 Å². The summed E-state index contributed by atoms with van der Waals surface area (Å²) in [6.07, 6.45) is -1.89. The third-order valence-electron chi connectivity index (χ3n) is 4.53. The predicted molar refractivity (Wildman–Crippen MR) is 111 cm³/mol. The van der Waals surface area contributed by atoms with Crippen LogP contribution in [0.25, 0.3) is 16.9 Å². The standard InChI is InChI=1S/C19H14BrF3N4O4S/c20-13-6-12(7-15(8-13)31-19(21,22)23)17-9-16(18(28)26-4-5-32(29,30)11-26)25-27(17)14-2-1-3-24-10-14/h1-3,6-10H,4-5,11H2. The molecular formula is C19H14BrF3N4O4S. The third kappa shape index (κ3) is 4.93. The highest BCUT2D eigenvalue weighted by molar-refractivity contribution is 9.10. The molecule has 1 aromatic carbocycles. The van der Waals surface area contributed by atoms with Crippen LogP contribution in [-0.4, -0.2) is 58.5 Å². The van der Waals surface area contributed by atoms with Crippen molar-refractivity contribution >= 4 is 31.7 Å². The lowest BCUT2D eigenvalue weighted by atomic mass is 10.1. The number of sulfone groups is 1. The van der Waals surface area contributed by atoms with Gasteiger partial charge in [-0.15, -0.1) is 13.2 Å². The fraction of sp³-hybridized carbons (Fsp3) is 0.211. The molecule has 168 valence electrons. The summed E-state index contributed by atoms with van der Waals surface area (Å²) in [5, 5.41) is 4.30. The highest BCUT2D eigenvalue weighted by Crippen LogP contribution is 2.33. The number of benzene rings is 1. The van der Waals surface area contributed by atoms with Gasteiger partial charge < -0.3 is 9.64 Å². The monoisotopic (exact) mass is 530 g/mol. The van der Waals surface area contributed by atoms with Crippen molar-refractivity contribution in [3.05, 3.63) is 59.0 Å². The van der Waals surface area contributed by atoms with E-state index >= 15 is 0 Å². The molecule has 0 unspecified atom stereocenters. The molecule has 2 aromatic heterocycles. The van der Waals surface area contributed by atoms with Gasteiger partial charge in [-0.1, -0.05) is 15.9 Å². The fourth-order valence-corrected chi connectivity index (χ4v) is 5.03. The zero-order valence-electron chi connectivity index (χ0n) is 16.1. The fourth-order valence-electron chi connectivity index (χ4n) is 3.21. The predicted octanol–water partition coefficient (Wildman–Crippen LogP) is 3.42. The van der Waals surface area contributed by atoms with Crippen molar-refractivity contribution in [3.63, 3.8) is 0 Å². The molecule has 1 aliphatic heterocycles. The minimum absolute atomic E-state index is 0.0384. The molecule has 0 spiro atoms. The molecule has 0 aliphatic carbocycles. The number of carbonyl (C=O) groups excluding carboxylic acids is 1. The lowest BCUT2D eigenvalue weighted by molar-refractivity contribution is -0.274. The number of aromatic nitrogens is 3. The van der Waals surface area contributed by atoms with Gasteiger partial charge in [-0.25, -0.2) is 13.1 Å². The molecule has 1 fully saturated rings. The molecule has 0 radical (unpaired) electrons. The SMILES string of the molecule is O=C(c1cc(-c2cc(Br)cc(OC(F)(F)F)c2)n(-c2cccnc2)n1)N1CCS(=O)(=O)C1. The molecule has 3 heterocycles. The molecule has 8 nitrogen and oxygen atoms in total. The van der Waals surface area contributed by atoms with Crippen LogP contribution in [0.5, 0.6) is 5.75 Å². The van der Waals surface area contributed by atoms with Crippen LogP contribution in [0.1, 0.15) is 10.5 Å². The molecule has 0 N–H and O–H groups in total. The van der Waals surface area contributed by atoms with Crippen molar-refractivity contribution in [2.75, 3.05) is 18.2 Å². The zero-order chi connectivity index (χ0) is 23.1. The summed E-state index contributed by atoms with van der Waals surface area (Å²) < 4.78 is 67.4. The Balaban J connectivity index is 1.80. The number of hydrogen-bond acceptors (Lipinski definition) is 6. The van der Waals surface area contributed by atoms with E-state index in [0.717, 1.165) is 17.0 Å². The Bertz CT molecular complexity index is 1280. The molecule has 1 saturated heterocycles. The molecule has 4 rings (SSSR count). The third-order valence-corrected chi connectivity index (χ3v) is 6.50. The Morgan fingerprint density at radius 3 is 2.59 bits per heavy atom. The quantitative estimate of drug-likeness (QED) is 0.513. The largest absolute Gasteiger partial charge is 0.573 e. The van der Waals surface area contributed by atoms with Crippen molar-refractivity contribution < 1.29 is 31.1 Å². The molecule has 13 heteroatoms. The van der Waals surface area contributed by atoms with Crippen molar-refractivity contribution in [3.8, 4) is 22.7 Å². The maximum atomic E-state index is 12.9. The minimum Gasteiger partial charge on any atom is -0.406 e. The molecule has 0 atom stereocenters. The summed E-state index contributed by atoms with van der Waals surface area (Å²) in [6.45, 7) is 0.0384. The number of amides is 1. The molecule has 1 aliphatic rings. The van der Waals surface area contributed by atoms with Crippen LogP contribution in [0.3, 0.4) is 0 Å². The second-order valence-corrected chi connectivity index (χ2v) is 9.98. The van der Waals surface area contributed by atoms with Crippen molar-refractivity contribution in [1.82, 2.24) is 19.7 Å². The number of alkyl halides is 3. The van der Waals surface area contributed by atoms with Gasteiger partial charge in [0.2, 0.25) is 0 Å². The van der Waals surface area contributed by atoms with Crippen LogP contribution in [0.4, 0.5) is 13.2 Å². The summed E-state index contributed by atoms with van der Waals surface area (Å²) in [5.74, 6) is -1.61. The van der Waals surface area contributed by atoms with E-state index in [1.165, 1.54) is 23.1 Å². The molecule has 3 aromatic rings. The number of nitrogens with zero attached hydrogens (tertiary/aromatic N) is 4. The average Bonchev–Trinajstić information content (AvgIpc) is 3.30. The minimum atomic E-state index is -4.88. The first-order chi connectivity index (χ1) is 15.0. The van der Waals surface area contributed by atoms with Gasteiger partial charge in [-0.3, -0.25) is 9.78 Å². The van der Waals surface area contributed by atoms with Crippen LogP contribution in [0, 0.1) is 0 Å². The Kier molecular flexibility index (Phi) is 5.71. The van der Waals surface area contributed by atoms with Crippen LogP contribution >= 0.6 is 15.9 Å². The van der Waals surface area contributed by atoms with Gasteiger partial charge >= 0.3 is 6.36 Å². The van der Waals surface area contributed by atoms with Crippen molar-refractivity contribution in [2.45, 2.75) is 6.36 Å². The molecule has 32 heavy (non-hydrogen) atoms. The van der Waals surface area contributed by atoms with Gasteiger partial charge in [-0.2, -0.15) is 5.10 Å². The van der Waals surface area contributed by atoms with E-state index in [4.69, 9.17) is 0 Å². The van der Waals surface area contributed by atoms with E-state index in [0.29, 0.717) is 10.2 Å². The first kappa shape index (κ1) is 22.3. The van der Waals surface area contributed by atoms with Crippen LogP contribution in [-0.2, 0) is 9.84 Å². The van der Waals surface area contributed by atoms with Crippen LogP contribution in [0.2, 0.25) is 0 Å². The molecular weight excluding hydrogens is 517 g/mol. The average molecular weight is 531 g/mol. The van der Waals surface area contributed by atoms with Crippen molar-refractivity contribution in [2.24, 2.45) is 0 Å². The van der Waals surface area contributed by atoms with E-state index in [1.807, 2.05) is 0 Å². The Morgan fingerprint density at radius 1 is 1.19 bits per heavy atom. The van der Waals surface area contributed by atoms with E-state index in [1.54, 1.807) is 18.2 Å². The Hall–Kier alpha value is -2.93. The smallest absolute Gasteiger partial charge is 0.406 e. The summed E-state index contributed by atoms with van der Waals surface area (Å²) in [7, 11) is -3.35. The zero-order valence-corrected chi connectivity index (χ0v) is 18.5. The van der Waals surface area contributed by atoms with E-state index in [2.05, 4.69) is 30.7 Å². The van der Waals surface area contributed by atoms with E-state index in [9.17, 15) is 26.4 Å². The summed E-state index contributed by atoms with van der Waals surface area (Å²) in [6, 6.07) is 8.54. The lowest BCUT2D eigenvalue weighted by Crippen LogP contribution is -2.29. The topological polar surface area (TPSA) is 94.4 Å². The summed E-state index contributed by atoms with van der Waals surface area (Å²) in [5.41, 5.74) is 0.966. The number of pyridine rings is 1. The first-order valence-corrected chi connectivity index (χ1v) is 11.7. The maximum absolute atomic E-state index is 12.9. The normalized spacial score (nSPS) is 15.7. The van der Waals surface area contributed by atoms with Crippen LogP contribution < -0.4 is 4.74 Å². The lowest BCUT2D eigenvalue weighted by Gasteiger charge is -2.12. The van der Waals surface area contributed by atoms with Gasteiger partial charge in [0.15, 0.2) is 15.5 Å². The number of rotatable bonds is 4. The number of ether oxygens (including phenoxy) is 1.